The average Bonchev–Trinajstić information content (AvgIpc) is 2.79. The Labute approximate surface area is 123 Å². The van der Waals surface area contributed by atoms with Gasteiger partial charge in [0, 0.05) is 6.54 Å². The lowest BCUT2D eigenvalue weighted by atomic mass is 10.1. The lowest BCUT2D eigenvalue weighted by Crippen LogP contribution is -2.27. The summed E-state index contributed by atoms with van der Waals surface area (Å²) >= 11 is 0. The zero-order valence-corrected chi connectivity index (χ0v) is 12.6. The molecular formula is C13H17N3O4S. The Hall–Kier alpha value is -2.06. The van der Waals surface area contributed by atoms with Crippen LogP contribution in [-0.2, 0) is 16.4 Å². The zero-order chi connectivity index (χ0) is 15.5. The van der Waals surface area contributed by atoms with Crippen molar-refractivity contribution in [2.45, 2.75) is 18.2 Å². The molecule has 0 unspecified atom stereocenters. The van der Waals surface area contributed by atoms with Gasteiger partial charge in [0.05, 0.1) is 7.11 Å². The molecule has 1 heterocycles. The maximum atomic E-state index is 12.2. The fraction of sp³-hybridized carbons (Fsp3) is 0.308. The van der Waals surface area contributed by atoms with Gasteiger partial charge in [-0.3, -0.25) is 0 Å². The summed E-state index contributed by atoms with van der Waals surface area (Å²) in [6, 6.07) is 7.43. The minimum Gasteiger partial charge on any atom is -0.496 e. The number of nitrogens with zero attached hydrogens (tertiary/aromatic N) is 1. The number of para-hydroxylation sites is 1. The van der Waals surface area contributed by atoms with Crippen molar-refractivity contribution in [1.82, 2.24) is 9.88 Å². The maximum Gasteiger partial charge on any atom is 0.247 e. The van der Waals surface area contributed by atoms with Crippen LogP contribution in [0.4, 0.5) is 5.82 Å². The average molecular weight is 311 g/mol. The molecule has 0 amide bonds. The summed E-state index contributed by atoms with van der Waals surface area (Å²) in [6.07, 6.45) is 0.494. The first-order valence-corrected chi connectivity index (χ1v) is 7.77. The third kappa shape index (κ3) is 3.34. The van der Waals surface area contributed by atoms with Crippen LogP contribution in [0.15, 0.2) is 33.7 Å². The Bertz CT molecular complexity index is 705. The second-order valence-corrected chi connectivity index (χ2v) is 6.12. The fourth-order valence-corrected chi connectivity index (χ4v) is 3.25. The number of methoxy groups -OCH3 is 1. The topological polar surface area (TPSA) is 107 Å². The molecule has 0 atom stereocenters. The second-order valence-electron chi connectivity index (χ2n) is 4.41. The molecule has 0 aliphatic heterocycles. The Morgan fingerprint density at radius 1 is 1.38 bits per heavy atom. The van der Waals surface area contributed by atoms with Crippen LogP contribution >= 0.6 is 0 Å². The number of hydrogen-bond acceptors (Lipinski definition) is 6. The summed E-state index contributed by atoms with van der Waals surface area (Å²) in [4.78, 5) is -0.109. The van der Waals surface area contributed by atoms with Crippen LogP contribution in [0.2, 0.25) is 0 Å². The summed E-state index contributed by atoms with van der Waals surface area (Å²) in [5.74, 6) is 0.743. The molecule has 8 heteroatoms. The summed E-state index contributed by atoms with van der Waals surface area (Å²) < 4.78 is 36.8. The van der Waals surface area contributed by atoms with Gasteiger partial charge in [-0.05, 0) is 25.0 Å². The minimum absolute atomic E-state index is 0.109. The first kappa shape index (κ1) is 15.3. The molecule has 3 N–H and O–H groups in total. The van der Waals surface area contributed by atoms with E-state index in [0.29, 0.717) is 6.42 Å². The van der Waals surface area contributed by atoms with Crippen molar-refractivity contribution in [1.29, 1.82) is 0 Å². The third-order valence-corrected chi connectivity index (χ3v) is 4.60. The number of nitrogens with one attached hydrogen (secondary N) is 1. The van der Waals surface area contributed by atoms with E-state index in [-0.39, 0.29) is 23.0 Å². The molecule has 114 valence electrons. The molecule has 1 aromatic carbocycles. The fourth-order valence-electron chi connectivity index (χ4n) is 2.01. The van der Waals surface area contributed by atoms with E-state index < -0.39 is 10.0 Å². The molecule has 0 fully saturated rings. The van der Waals surface area contributed by atoms with Gasteiger partial charge in [-0.1, -0.05) is 23.4 Å². The lowest BCUT2D eigenvalue weighted by Gasteiger charge is -2.09. The molecule has 2 rings (SSSR count). The van der Waals surface area contributed by atoms with Crippen molar-refractivity contribution in [2.24, 2.45) is 0 Å². The van der Waals surface area contributed by atoms with E-state index in [0.717, 1.165) is 11.3 Å². The number of hydrogen-bond donors (Lipinski definition) is 2. The van der Waals surface area contributed by atoms with Crippen LogP contribution in [0, 0.1) is 6.92 Å². The molecule has 0 aliphatic rings. The van der Waals surface area contributed by atoms with Crippen molar-refractivity contribution in [3.05, 3.63) is 35.6 Å². The smallest absolute Gasteiger partial charge is 0.247 e. The van der Waals surface area contributed by atoms with Gasteiger partial charge in [0.15, 0.2) is 16.5 Å². The molecule has 0 radical (unpaired) electrons. The number of benzene rings is 1. The standard InChI is InChI=1S/C13H17N3O4S/c1-9-12(13(14)16-20-9)21(17,18)15-8-7-10-5-3-4-6-11(10)19-2/h3-6,15H,7-8H2,1-2H3,(H2,14,16). The molecule has 21 heavy (non-hydrogen) atoms. The van der Waals surface area contributed by atoms with Crippen LogP contribution in [0.3, 0.4) is 0 Å². The zero-order valence-electron chi connectivity index (χ0n) is 11.8. The Kier molecular flexibility index (Phi) is 4.49. The summed E-state index contributed by atoms with van der Waals surface area (Å²) in [6.45, 7) is 1.71. The van der Waals surface area contributed by atoms with Crippen LogP contribution in [-0.4, -0.2) is 27.2 Å². The normalized spacial score (nSPS) is 11.5. The van der Waals surface area contributed by atoms with Crippen molar-refractivity contribution >= 4 is 15.8 Å². The number of anilines is 1. The molecule has 0 bridgehead atoms. The summed E-state index contributed by atoms with van der Waals surface area (Å²) in [7, 11) is -2.17. The molecule has 1 aromatic heterocycles. The highest BCUT2D eigenvalue weighted by Gasteiger charge is 2.24. The van der Waals surface area contributed by atoms with Crippen molar-refractivity contribution in [2.75, 3.05) is 19.4 Å². The molecule has 0 spiro atoms. The van der Waals surface area contributed by atoms with Gasteiger partial charge < -0.3 is 15.0 Å². The molecule has 0 aliphatic carbocycles. The maximum absolute atomic E-state index is 12.2. The highest BCUT2D eigenvalue weighted by molar-refractivity contribution is 7.89. The van der Waals surface area contributed by atoms with E-state index in [9.17, 15) is 8.42 Å². The quantitative estimate of drug-likeness (QED) is 0.827. The summed E-state index contributed by atoms with van der Waals surface area (Å²) in [5.41, 5.74) is 6.43. The molecule has 2 aromatic rings. The lowest BCUT2D eigenvalue weighted by molar-refractivity contribution is 0.396. The van der Waals surface area contributed by atoms with Crippen LogP contribution in [0.1, 0.15) is 11.3 Å². The Morgan fingerprint density at radius 3 is 2.71 bits per heavy atom. The number of aromatic nitrogens is 1. The van der Waals surface area contributed by atoms with Gasteiger partial charge in [-0.2, -0.15) is 0 Å². The van der Waals surface area contributed by atoms with E-state index in [4.69, 9.17) is 15.0 Å². The number of nitrogens with two attached hydrogens (primary N) is 1. The van der Waals surface area contributed by atoms with E-state index in [1.807, 2.05) is 24.3 Å². The van der Waals surface area contributed by atoms with Crippen molar-refractivity contribution in [3.63, 3.8) is 0 Å². The molecule has 0 saturated carbocycles. The van der Waals surface area contributed by atoms with Crippen LogP contribution in [0.25, 0.3) is 0 Å². The van der Waals surface area contributed by atoms with E-state index in [2.05, 4.69) is 9.88 Å². The van der Waals surface area contributed by atoms with E-state index >= 15 is 0 Å². The second kappa shape index (κ2) is 6.15. The highest BCUT2D eigenvalue weighted by Crippen LogP contribution is 2.21. The van der Waals surface area contributed by atoms with Crippen LogP contribution < -0.4 is 15.2 Å². The number of aryl methyl sites for hydroxylation is 1. The molecular weight excluding hydrogens is 294 g/mol. The third-order valence-electron chi connectivity index (χ3n) is 2.98. The van der Waals surface area contributed by atoms with Gasteiger partial charge >= 0.3 is 0 Å². The van der Waals surface area contributed by atoms with Crippen molar-refractivity contribution in [3.8, 4) is 5.75 Å². The highest BCUT2D eigenvalue weighted by atomic mass is 32.2. The molecule has 7 nitrogen and oxygen atoms in total. The Balaban J connectivity index is 2.06. The van der Waals surface area contributed by atoms with Crippen molar-refractivity contribution < 1.29 is 17.7 Å². The Morgan fingerprint density at radius 2 is 2.10 bits per heavy atom. The summed E-state index contributed by atoms with van der Waals surface area (Å²) in [5, 5.41) is 3.44. The van der Waals surface area contributed by atoms with Gasteiger partial charge in [0.1, 0.15) is 5.75 Å². The van der Waals surface area contributed by atoms with Gasteiger partial charge in [-0.15, -0.1) is 0 Å². The van der Waals surface area contributed by atoms with Gasteiger partial charge in [-0.25, -0.2) is 13.1 Å². The largest absolute Gasteiger partial charge is 0.496 e. The minimum atomic E-state index is -3.74. The predicted molar refractivity (Wildman–Crippen MR) is 77.5 cm³/mol. The number of nitrogen functional groups attached to an aromatic ring is 1. The predicted octanol–water partition coefficient (Wildman–Crippen LogP) is 1.09. The van der Waals surface area contributed by atoms with E-state index in [1.165, 1.54) is 6.92 Å². The van der Waals surface area contributed by atoms with E-state index in [1.54, 1.807) is 7.11 Å². The number of sulfonamides is 1. The van der Waals surface area contributed by atoms with Gasteiger partial charge in [0.2, 0.25) is 10.0 Å². The number of ether oxygens (including phenoxy) is 1. The first-order valence-electron chi connectivity index (χ1n) is 6.29. The molecule has 0 saturated heterocycles. The number of rotatable bonds is 6. The SMILES string of the molecule is COc1ccccc1CCNS(=O)(=O)c1c(N)noc1C. The van der Waals surface area contributed by atoms with Crippen LogP contribution in [0.5, 0.6) is 5.75 Å². The van der Waals surface area contributed by atoms with Gasteiger partial charge in [0.25, 0.3) is 0 Å². The first-order chi connectivity index (χ1) is 9.95. The monoisotopic (exact) mass is 311 g/mol.